The van der Waals surface area contributed by atoms with Gasteiger partial charge in [0.1, 0.15) is 0 Å². The van der Waals surface area contributed by atoms with Crippen LogP contribution in [0.5, 0.6) is 0 Å². The van der Waals surface area contributed by atoms with Crippen LogP contribution in [0.25, 0.3) is 0 Å². The van der Waals surface area contributed by atoms with E-state index in [4.69, 9.17) is 33.2 Å². The number of aliphatic hydroxyl groups is 2. The molecule has 0 aromatic carbocycles. The molecule has 9 heterocycles. The van der Waals surface area contributed by atoms with Crippen molar-refractivity contribution in [2.75, 3.05) is 208 Å². The molecule has 0 saturated carbocycles. The molecule has 2 N–H and O–H groups in total. The smallest absolute Gasteiger partial charge is 0.0788 e. The average Bonchev–Trinajstić information content (AvgIpc) is 1.44. The lowest BCUT2D eigenvalue weighted by atomic mass is 9.84. The van der Waals surface area contributed by atoms with Crippen molar-refractivity contribution < 1.29 is 43.4 Å². The second-order valence-electron chi connectivity index (χ2n) is 45.9. The van der Waals surface area contributed by atoms with E-state index >= 15 is 0 Å². The summed E-state index contributed by atoms with van der Waals surface area (Å²) in [7, 11) is 19.7. The highest BCUT2D eigenvalue weighted by Gasteiger charge is 2.31. The van der Waals surface area contributed by atoms with E-state index in [1.165, 1.54) is 194 Å². The van der Waals surface area contributed by atoms with Crippen LogP contribution in [0, 0.1) is 46.3 Å². The lowest BCUT2D eigenvalue weighted by Gasteiger charge is -2.37. The molecule has 9 unspecified atom stereocenters. The molecule has 698 valence electrons. The fourth-order valence-electron chi connectivity index (χ4n) is 16.0. The Labute approximate surface area is 723 Å². The highest BCUT2D eigenvalue weighted by Crippen LogP contribution is 2.31. The molecule has 18 nitrogen and oxygen atoms in total. The number of rotatable bonds is 27. The van der Waals surface area contributed by atoms with Gasteiger partial charge in [-0.3, -0.25) is 0 Å². The maximum absolute atomic E-state index is 9.84. The van der Waals surface area contributed by atoms with Crippen molar-refractivity contribution in [1.82, 2.24) is 44.1 Å². The molecule has 0 amide bonds. The number of aliphatic hydroxyl groups excluding tert-OH is 2. The minimum atomic E-state index is -0.324. The SMILES string of the molecule is C.CC(C)OCC1CN(C)C1.CN1CC(CCC(C)(C)C)C1.CN1CCC(CC(O)COC(C)(C)C)C1.CN1CCC(CCC(C)(C)C)C1.CN1CCC(CCCOC(C)(C)C)C1.CN1CCC(COC(C)(C)C)C1.CN1CCCC1CC(O)COC(C)(C)C.CN1CCCC1CCCOC(C)(C)C.CN1CCCC1COC(C)(C)C. The molecule has 0 aromatic rings. The average molecular weight is 1660 g/mol. The Kier molecular flexibility index (Phi) is 57.4. The highest BCUT2D eigenvalue weighted by molar-refractivity contribution is 4.84. The monoisotopic (exact) mass is 1650 g/mol. The lowest BCUT2D eigenvalue weighted by molar-refractivity contribution is -0.0545. The van der Waals surface area contributed by atoms with Gasteiger partial charge in [0, 0.05) is 89.6 Å². The van der Waals surface area contributed by atoms with Crippen molar-refractivity contribution in [3.05, 3.63) is 0 Å². The molecule has 0 radical (unpaired) electrons. The summed E-state index contributed by atoms with van der Waals surface area (Å²) in [5.74, 6) is 5.10. The summed E-state index contributed by atoms with van der Waals surface area (Å²) < 4.78 is 39.5. The molecule has 9 saturated heterocycles. The maximum Gasteiger partial charge on any atom is 0.0788 e. The number of hydrogen-bond acceptors (Lipinski definition) is 18. The van der Waals surface area contributed by atoms with Gasteiger partial charge >= 0.3 is 0 Å². The molecule has 9 atom stereocenters. The Morgan fingerprint density at radius 3 is 0.966 bits per heavy atom. The molecule has 9 fully saturated rings. The van der Waals surface area contributed by atoms with Crippen LogP contribution in [0.4, 0.5) is 0 Å². The molecule has 0 bridgehead atoms. The number of nitrogens with zero attached hydrogens (tertiary/aromatic N) is 9. The van der Waals surface area contributed by atoms with Crippen LogP contribution in [0.2, 0.25) is 0 Å². The molecule has 18 heteroatoms. The van der Waals surface area contributed by atoms with Crippen LogP contribution in [0.3, 0.4) is 0 Å². The van der Waals surface area contributed by atoms with Crippen LogP contribution in [0.1, 0.15) is 316 Å². The van der Waals surface area contributed by atoms with E-state index in [0.29, 0.717) is 48.1 Å². The lowest BCUT2D eigenvalue weighted by Crippen LogP contribution is -2.46. The largest absolute Gasteiger partial charge is 0.391 e. The van der Waals surface area contributed by atoms with Crippen LogP contribution in [-0.2, 0) is 33.2 Å². The first-order valence-electron chi connectivity index (χ1n) is 46.8. The first-order chi connectivity index (χ1) is 52.8. The topological polar surface area (TPSA) is 134 Å². The molecule has 116 heavy (non-hydrogen) atoms. The van der Waals surface area contributed by atoms with E-state index < -0.39 is 0 Å². The van der Waals surface area contributed by atoms with Crippen molar-refractivity contribution in [2.24, 2.45) is 46.3 Å². The fraction of sp³-hybridized carbons (Fsp3) is 1.00. The number of likely N-dealkylation sites (N-methyl/N-ethyl adjacent to an activating group) is 1. The van der Waals surface area contributed by atoms with Crippen LogP contribution in [0.15, 0.2) is 0 Å². The quantitative estimate of drug-likeness (QED) is 0.0755. The minimum absolute atomic E-state index is 0. The van der Waals surface area contributed by atoms with Gasteiger partial charge in [-0.15, -0.1) is 0 Å². The van der Waals surface area contributed by atoms with Crippen molar-refractivity contribution in [2.45, 2.75) is 386 Å². The van der Waals surface area contributed by atoms with Gasteiger partial charge in [0.15, 0.2) is 0 Å². The van der Waals surface area contributed by atoms with Gasteiger partial charge in [-0.1, -0.05) is 49.0 Å². The Balaban J connectivity index is 0.00000128. The summed E-state index contributed by atoms with van der Waals surface area (Å²) in [4.78, 5) is 21.5. The first kappa shape index (κ1) is 115. The van der Waals surface area contributed by atoms with Crippen molar-refractivity contribution in [1.29, 1.82) is 0 Å². The Morgan fingerprint density at radius 2 is 0.621 bits per heavy atom. The van der Waals surface area contributed by atoms with Crippen LogP contribution < -0.4 is 0 Å². The second kappa shape index (κ2) is 57.8. The van der Waals surface area contributed by atoms with Gasteiger partial charge < -0.3 is 87.5 Å². The van der Waals surface area contributed by atoms with E-state index in [0.717, 1.165) is 101 Å². The molecular formula is C98H207N9O9. The molecule has 0 aromatic heterocycles. The number of hydrogen-bond donors (Lipinski definition) is 2. The second-order valence-corrected chi connectivity index (χ2v) is 45.9. The number of ether oxygens (including phenoxy) is 7. The van der Waals surface area contributed by atoms with Crippen molar-refractivity contribution >= 4 is 0 Å². The standard InChI is InChI=1S/2C12H25NO2.2C12H25NO.C11H23N.2C10H21NO.C10H21N.C8H17NO.CH4/c1-12(2,3)15-9-11(14)7-10-5-6-13(4)8-10;1-12(2,3)15-9-11(14)8-10-6-5-7-13(10)4;1-12(2,3)14-10-6-8-11-7-5-9-13(11)4;1-12(2,3)14-9-5-6-11-7-8-13(4)10-11;1-11(2,3)7-5-10-6-8-12(4)9-10;1-10(2,3)12-8-9-5-6-11(4)7-9;1-10(2,3)12-8-9-6-5-7-11(9)4;1-10(2,3)6-5-9-7-11(4)8-9;1-7(2)10-6-8-4-9(3)5-8;/h2*10-11,14H,5-9H2,1-4H3;2*11H,5-10H2,1-4H3;10H,5-9H2,1-4H3;2*9H,5-8H2,1-4H3;9H,5-8H2,1-4H3;7-8H,4-6H2,1-3H3;1H4. The summed E-state index contributed by atoms with van der Waals surface area (Å²) >= 11 is 0. The van der Waals surface area contributed by atoms with Crippen LogP contribution in [-0.4, -0.2) is 332 Å². The molecular weight excluding hydrogens is 1450 g/mol. The van der Waals surface area contributed by atoms with E-state index in [1.54, 1.807) is 0 Å². The molecule has 0 spiro atoms. The zero-order chi connectivity index (χ0) is 87.8. The summed E-state index contributed by atoms with van der Waals surface area (Å²) in [6, 6.07) is 2.02. The molecule has 0 aliphatic carbocycles. The molecule has 9 aliphatic rings. The Hall–Kier alpha value is -0.720. The molecule has 9 aliphatic heterocycles. The van der Waals surface area contributed by atoms with E-state index in [9.17, 15) is 10.2 Å². The van der Waals surface area contributed by atoms with Crippen LogP contribution >= 0.6 is 0 Å². The third-order valence-corrected chi connectivity index (χ3v) is 23.1. The normalized spacial score (nSPS) is 24.7. The van der Waals surface area contributed by atoms with Gasteiger partial charge in [-0.25, -0.2) is 0 Å². The third kappa shape index (κ3) is 66.7. The van der Waals surface area contributed by atoms with Gasteiger partial charge in [0.25, 0.3) is 0 Å². The summed E-state index contributed by atoms with van der Waals surface area (Å²) in [5.41, 5.74) is 0.879. The summed E-state index contributed by atoms with van der Waals surface area (Å²) in [5, 5.41) is 19.7. The van der Waals surface area contributed by atoms with E-state index in [-0.39, 0.29) is 53.2 Å². The highest BCUT2D eigenvalue weighted by atomic mass is 16.5. The van der Waals surface area contributed by atoms with Crippen molar-refractivity contribution in [3.8, 4) is 0 Å². The van der Waals surface area contributed by atoms with E-state index in [1.807, 2.05) is 41.5 Å². The van der Waals surface area contributed by atoms with Gasteiger partial charge in [-0.05, 0) is 417 Å². The third-order valence-electron chi connectivity index (χ3n) is 23.1. The van der Waals surface area contributed by atoms with Crippen molar-refractivity contribution in [3.63, 3.8) is 0 Å². The fourth-order valence-corrected chi connectivity index (χ4v) is 16.0. The predicted octanol–water partition coefficient (Wildman–Crippen LogP) is 18.8. The Morgan fingerprint density at radius 1 is 0.302 bits per heavy atom. The summed E-state index contributed by atoms with van der Waals surface area (Å²) in [6.07, 6.45) is 25.3. The van der Waals surface area contributed by atoms with Gasteiger partial charge in [0.05, 0.1) is 85.0 Å². The predicted molar refractivity (Wildman–Crippen MR) is 500 cm³/mol. The van der Waals surface area contributed by atoms with Gasteiger partial charge in [-0.2, -0.15) is 0 Å². The Bertz CT molecular complexity index is 2310. The van der Waals surface area contributed by atoms with Gasteiger partial charge in [0.2, 0.25) is 0 Å². The number of likely N-dealkylation sites (tertiary alicyclic amines) is 9. The maximum atomic E-state index is 9.84. The minimum Gasteiger partial charge on any atom is -0.391 e. The zero-order valence-electron chi connectivity index (χ0n) is 83.4. The van der Waals surface area contributed by atoms with E-state index in [2.05, 4.69) is 246 Å². The molecule has 9 rings (SSSR count). The zero-order valence-corrected chi connectivity index (χ0v) is 83.4. The first-order valence-corrected chi connectivity index (χ1v) is 46.8. The summed E-state index contributed by atoms with van der Waals surface area (Å²) in [6.45, 7) is 79.9.